The van der Waals surface area contributed by atoms with Crippen molar-refractivity contribution in [3.63, 3.8) is 0 Å². The van der Waals surface area contributed by atoms with Gasteiger partial charge >= 0.3 is 0 Å². The number of nitrogen functional groups attached to an aromatic ring is 1. The number of nitrogens with zero attached hydrogens (tertiary/aromatic N) is 3. The van der Waals surface area contributed by atoms with E-state index in [2.05, 4.69) is 11.6 Å². The van der Waals surface area contributed by atoms with Crippen molar-refractivity contribution in [3.05, 3.63) is 68.9 Å². The summed E-state index contributed by atoms with van der Waals surface area (Å²) in [5, 5.41) is 11.0. The van der Waals surface area contributed by atoms with Crippen LogP contribution in [0.25, 0.3) is 22.3 Å². The summed E-state index contributed by atoms with van der Waals surface area (Å²) in [6.45, 7) is 6.74. The summed E-state index contributed by atoms with van der Waals surface area (Å²) < 4.78 is 21.1. The predicted molar refractivity (Wildman–Crippen MR) is 128 cm³/mol. The van der Waals surface area contributed by atoms with Crippen molar-refractivity contribution < 1.29 is 19.0 Å². The number of anilines is 1. The highest BCUT2D eigenvalue weighted by molar-refractivity contribution is 5.90. The van der Waals surface area contributed by atoms with Crippen molar-refractivity contribution in [3.8, 4) is 11.4 Å². The standard InChI is InChI=1S/C25H27FN4O4/c1-5-13(2)29(3)9-16-14-6-20(27)19(26)8-21(14)28-24-17(16)10-30-22(24)7-15(23(32)11-31)18(12-34-4)25(30)33/h6-8,11,23,32H,2,5,9-10,12,27H2,1,3-4H3. The quantitative estimate of drug-likeness (QED) is 0.303. The number of aliphatic hydroxyl groups is 1. The van der Waals surface area contributed by atoms with Crippen molar-refractivity contribution in [1.29, 1.82) is 0 Å². The zero-order valence-corrected chi connectivity index (χ0v) is 19.4. The molecule has 1 aliphatic heterocycles. The van der Waals surface area contributed by atoms with Gasteiger partial charge in [0.1, 0.15) is 11.9 Å². The second kappa shape index (κ2) is 9.00. The Morgan fingerprint density at radius 1 is 1.41 bits per heavy atom. The molecule has 0 amide bonds. The summed E-state index contributed by atoms with van der Waals surface area (Å²) in [6, 6.07) is 4.44. The van der Waals surface area contributed by atoms with Crippen LogP contribution in [0.4, 0.5) is 10.1 Å². The van der Waals surface area contributed by atoms with Crippen LogP contribution in [-0.4, -0.2) is 40.0 Å². The number of halogens is 1. The molecule has 178 valence electrons. The summed E-state index contributed by atoms with van der Waals surface area (Å²) in [7, 11) is 3.35. The highest BCUT2D eigenvalue weighted by Crippen LogP contribution is 2.38. The van der Waals surface area contributed by atoms with E-state index < -0.39 is 11.9 Å². The van der Waals surface area contributed by atoms with E-state index in [-0.39, 0.29) is 35.5 Å². The number of aldehydes is 1. The zero-order chi connectivity index (χ0) is 24.7. The van der Waals surface area contributed by atoms with E-state index in [4.69, 9.17) is 10.5 Å². The smallest absolute Gasteiger partial charge is 0.257 e. The normalized spacial score (nSPS) is 13.0. The molecule has 34 heavy (non-hydrogen) atoms. The Morgan fingerprint density at radius 3 is 2.79 bits per heavy atom. The molecule has 3 aromatic rings. The number of carbonyl (C=O) groups excluding carboxylic acids is 1. The van der Waals surface area contributed by atoms with Gasteiger partial charge in [-0.1, -0.05) is 13.5 Å². The average Bonchev–Trinajstić information content (AvgIpc) is 3.19. The van der Waals surface area contributed by atoms with Gasteiger partial charge in [0.15, 0.2) is 6.29 Å². The molecule has 0 aliphatic carbocycles. The molecule has 1 aromatic carbocycles. The molecule has 0 bridgehead atoms. The van der Waals surface area contributed by atoms with Crippen LogP contribution in [0.3, 0.4) is 0 Å². The fraction of sp³-hybridized carbons (Fsp3) is 0.320. The summed E-state index contributed by atoms with van der Waals surface area (Å²) >= 11 is 0. The number of ether oxygens (including phenoxy) is 1. The number of methoxy groups -OCH3 is 1. The largest absolute Gasteiger partial charge is 0.396 e. The number of benzene rings is 1. The lowest BCUT2D eigenvalue weighted by Crippen LogP contribution is -2.26. The average molecular weight is 467 g/mol. The van der Waals surface area contributed by atoms with E-state index in [1.54, 1.807) is 16.7 Å². The summed E-state index contributed by atoms with van der Waals surface area (Å²) in [4.78, 5) is 31.4. The SMILES string of the molecule is C=C(CC)N(C)Cc1c2c(nc3cc(F)c(N)cc13)-c1cc(C(O)C=O)c(COC)c(=O)n1C2. The van der Waals surface area contributed by atoms with Crippen LogP contribution in [0.15, 0.2) is 35.3 Å². The molecule has 0 saturated carbocycles. The lowest BCUT2D eigenvalue weighted by Gasteiger charge is -2.23. The van der Waals surface area contributed by atoms with Gasteiger partial charge in [0.2, 0.25) is 0 Å². The van der Waals surface area contributed by atoms with Crippen LogP contribution in [0.5, 0.6) is 0 Å². The fourth-order valence-corrected chi connectivity index (χ4v) is 4.43. The minimum Gasteiger partial charge on any atom is -0.396 e. The van der Waals surface area contributed by atoms with Crippen LogP contribution in [0.1, 0.15) is 41.7 Å². The van der Waals surface area contributed by atoms with E-state index in [1.807, 2.05) is 18.9 Å². The maximum Gasteiger partial charge on any atom is 0.257 e. The van der Waals surface area contributed by atoms with Gasteiger partial charge in [0.25, 0.3) is 5.56 Å². The van der Waals surface area contributed by atoms with Gasteiger partial charge in [-0.05, 0) is 24.1 Å². The van der Waals surface area contributed by atoms with Gasteiger partial charge in [-0.2, -0.15) is 0 Å². The Kier molecular flexibility index (Phi) is 6.24. The molecule has 0 fully saturated rings. The van der Waals surface area contributed by atoms with Crippen molar-refractivity contribution in [2.45, 2.75) is 39.1 Å². The van der Waals surface area contributed by atoms with Crippen LogP contribution in [-0.2, 0) is 29.2 Å². The lowest BCUT2D eigenvalue weighted by molar-refractivity contribution is -0.115. The first kappa shape index (κ1) is 23.6. The van der Waals surface area contributed by atoms with Gasteiger partial charge in [0.05, 0.1) is 35.7 Å². The second-order valence-corrected chi connectivity index (χ2v) is 8.45. The molecule has 8 nitrogen and oxygen atoms in total. The van der Waals surface area contributed by atoms with E-state index in [0.717, 1.165) is 23.2 Å². The van der Waals surface area contributed by atoms with E-state index in [9.17, 15) is 19.1 Å². The Labute approximate surface area is 196 Å². The Bertz CT molecular complexity index is 1380. The van der Waals surface area contributed by atoms with Gasteiger partial charge < -0.3 is 29.8 Å². The topological polar surface area (TPSA) is 111 Å². The molecule has 4 rings (SSSR count). The molecule has 0 spiro atoms. The Balaban J connectivity index is 2.02. The van der Waals surface area contributed by atoms with Crippen molar-refractivity contribution in [2.24, 2.45) is 0 Å². The number of aromatic nitrogens is 2. The molecule has 1 unspecified atom stereocenters. The van der Waals surface area contributed by atoms with Crippen molar-refractivity contribution >= 4 is 22.9 Å². The van der Waals surface area contributed by atoms with E-state index in [0.29, 0.717) is 35.1 Å². The Morgan fingerprint density at radius 2 is 2.15 bits per heavy atom. The van der Waals surface area contributed by atoms with E-state index in [1.165, 1.54) is 13.2 Å². The molecular formula is C25H27FN4O4. The highest BCUT2D eigenvalue weighted by atomic mass is 19.1. The first-order valence-corrected chi connectivity index (χ1v) is 10.9. The molecule has 3 heterocycles. The van der Waals surface area contributed by atoms with Crippen LogP contribution in [0, 0.1) is 5.82 Å². The summed E-state index contributed by atoms with van der Waals surface area (Å²) in [5.74, 6) is -0.583. The number of fused-ring (bicyclic) bond motifs is 4. The number of allylic oxidation sites excluding steroid dienone is 1. The number of pyridine rings is 2. The molecule has 1 aliphatic rings. The molecule has 1 atom stereocenters. The minimum absolute atomic E-state index is 0.0129. The lowest BCUT2D eigenvalue weighted by atomic mass is 9.98. The third kappa shape index (κ3) is 3.76. The number of nitrogens with two attached hydrogens (primary N) is 1. The summed E-state index contributed by atoms with van der Waals surface area (Å²) in [6.07, 6.45) is -0.362. The first-order chi connectivity index (χ1) is 16.2. The van der Waals surface area contributed by atoms with Gasteiger partial charge in [-0.3, -0.25) is 4.79 Å². The molecule has 0 radical (unpaired) electrons. The third-order valence-corrected chi connectivity index (χ3v) is 6.40. The number of aliphatic hydroxyl groups excluding tert-OH is 1. The van der Waals surface area contributed by atoms with Gasteiger partial charge in [-0.15, -0.1) is 0 Å². The van der Waals surface area contributed by atoms with Crippen LogP contribution >= 0.6 is 0 Å². The van der Waals surface area contributed by atoms with E-state index >= 15 is 0 Å². The van der Waals surface area contributed by atoms with Gasteiger partial charge in [0, 0.05) is 54.5 Å². The maximum atomic E-state index is 14.4. The predicted octanol–water partition coefficient (Wildman–Crippen LogP) is 2.88. The van der Waals surface area contributed by atoms with Gasteiger partial charge in [-0.25, -0.2) is 9.37 Å². The zero-order valence-electron chi connectivity index (χ0n) is 19.4. The number of hydrogen-bond donors (Lipinski definition) is 2. The van der Waals surface area contributed by atoms with Crippen LogP contribution in [0.2, 0.25) is 0 Å². The molecule has 3 N–H and O–H groups in total. The first-order valence-electron chi connectivity index (χ1n) is 10.9. The molecular weight excluding hydrogens is 439 g/mol. The fourth-order valence-electron chi connectivity index (χ4n) is 4.43. The number of carbonyl (C=O) groups is 1. The summed E-state index contributed by atoms with van der Waals surface area (Å²) in [5.41, 5.74) is 9.82. The second-order valence-electron chi connectivity index (χ2n) is 8.45. The molecule has 2 aromatic heterocycles. The monoisotopic (exact) mass is 466 g/mol. The number of rotatable bonds is 8. The van der Waals surface area contributed by atoms with Crippen LogP contribution < -0.4 is 11.3 Å². The Hall–Kier alpha value is -3.56. The van der Waals surface area contributed by atoms with Crippen molar-refractivity contribution in [1.82, 2.24) is 14.5 Å². The third-order valence-electron chi connectivity index (χ3n) is 6.40. The maximum absolute atomic E-state index is 14.4. The minimum atomic E-state index is -1.48. The highest BCUT2D eigenvalue weighted by Gasteiger charge is 2.30. The number of hydrogen-bond acceptors (Lipinski definition) is 7. The molecule has 0 saturated heterocycles. The molecule has 9 heteroatoms. The van der Waals surface area contributed by atoms with Crippen molar-refractivity contribution in [2.75, 3.05) is 19.9 Å².